The molecule has 0 bridgehead atoms. The summed E-state index contributed by atoms with van der Waals surface area (Å²) in [6.07, 6.45) is 0. The van der Waals surface area contributed by atoms with E-state index in [9.17, 15) is 9.90 Å². The molecule has 1 amide bonds. The first kappa shape index (κ1) is 13.2. The number of carbonyl (C=O) groups excluding carboxylic acids is 1. The van der Waals surface area contributed by atoms with E-state index in [0.29, 0.717) is 6.54 Å². The highest BCUT2D eigenvalue weighted by Crippen LogP contribution is 2.14. The number of carbonyl (C=O) groups is 1. The predicted molar refractivity (Wildman–Crippen MR) is 73.7 cm³/mol. The molecule has 1 aromatic rings. The molecule has 1 aromatic carbocycles. The van der Waals surface area contributed by atoms with Gasteiger partial charge >= 0.3 is 0 Å². The van der Waals surface area contributed by atoms with Gasteiger partial charge in [-0.2, -0.15) is 11.8 Å². The van der Waals surface area contributed by atoms with Crippen molar-refractivity contribution in [3.05, 3.63) is 29.8 Å². The lowest BCUT2D eigenvalue weighted by molar-refractivity contribution is -0.132. The zero-order chi connectivity index (χ0) is 13.0. The van der Waals surface area contributed by atoms with Crippen molar-refractivity contribution in [2.75, 3.05) is 25.1 Å². The van der Waals surface area contributed by atoms with E-state index in [4.69, 9.17) is 0 Å². The molecule has 0 radical (unpaired) electrons. The summed E-state index contributed by atoms with van der Waals surface area (Å²) in [6, 6.07) is 6.94. The summed E-state index contributed by atoms with van der Waals surface area (Å²) < 4.78 is 0. The van der Waals surface area contributed by atoms with E-state index in [1.807, 2.05) is 17.8 Å². The Balaban J connectivity index is 1.94. The van der Waals surface area contributed by atoms with Crippen molar-refractivity contribution < 1.29 is 9.90 Å². The SMILES string of the molecule is CN(Cc1cccc(O)c1)C(=O)C1CSCCN1. The Morgan fingerprint density at radius 2 is 2.44 bits per heavy atom. The minimum Gasteiger partial charge on any atom is -0.508 e. The van der Waals surface area contributed by atoms with Crippen molar-refractivity contribution in [3.8, 4) is 5.75 Å². The largest absolute Gasteiger partial charge is 0.508 e. The van der Waals surface area contributed by atoms with Crippen molar-refractivity contribution in [1.82, 2.24) is 10.2 Å². The van der Waals surface area contributed by atoms with Crippen LogP contribution in [0.25, 0.3) is 0 Å². The number of phenols is 1. The van der Waals surface area contributed by atoms with Crippen LogP contribution in [-0.2, 0) is 11.3 Å². The topological polar surface area (TPSA) is 52.6 Å². The molecule has 5 heteroatoms. The summed E-state index contributed by atoms with van der Waals surface area (Å²) in [5.74, 6) is 2.26. The van der Waals surface area contributed by atoms with Crippen molar-refractivity contribution in [2.24, 2.45) is 0 Å². The Hall–Kier alpha value is -1.20. The van der Waals surface area contributed by atoms with Crippen molar-refractivity contribution in [2.45, 2.75) is 12.6 Å². The fraction of sp³-hybridized carbons (Fsp3) is 0.462. The zero-order valence-electron chi connectivity index (χ0n) is 10.4. The van der Waals surface area contributed by atoms with E-state index >= 15 is 0 Å². The number of amides is 1. The van der Waals surface area contributed by atoms with E-state index in [-0.39, 0.29) is 17.7 Å². The summed E-state index contributed by atoms with van der Waals surface area (Å²) in [4.78, 5) is 13.9. The summed E-state index contributed by atoms with van der Waals surface area (Å²) in [6.45, 7) is 1.41. The highest BCUT2D eigenvalue weighted by atomic mass is 32.2. The number of nitrogens with zero attached hydrogens (tertiary/aromatic N) is 1. The lowest BCUT2D eigenvalue weighted by Crippen LogP contribution is -2.49. The molecule has 1 fully saturated rings. The molecule has 18 heavy (non-hydrogen) atoms. The minimum absolute atomic E-state index is 0.0777. The van der Waals surface area contributed by atoms with Crippen LogP contribution in [0, 0.1) is 0 Å². The second kappa shape index (κ2) is 6.11. The fourth-order valence-electron chi connectivity index (χ4n) is 2.00. The number of rotatable bonds is 3. The molecular formula is C13H18N2O2S. The molecule has 1 aliphatic heterocycles. The number of hydrogen-bond acceptors (Lipinski definition) is 4. The van der Waals surface area contributed by atoms with Crippen LogP contribution >= 0.6 is 11.8 Å². The van der Waals surface area contributed by atoms with Crippen molar-refractivity contribution >= 4 is 17.7 Å². The fourth-order valence-corrected chi connectivity index (χ4v) is 2.92. The van der Waals surface area contributed by atoms with Crippen molar-refractivity contribution in [3.63, 3.8) is 0 Å². The van der Waals surface area contributed by atoms with Gasteiger partial charge in [-0.15, -0.1) is 0 Å². The maximum absolute atomic E-state index is 12.2. The summed E-state index contributed by atoms with van der Waals surface area (Å²) in [5.41, 5.74) is 0.939. The van der Waals surface area contributed by atoms with Crippen LogP contribution in [0.1, 0.15) is 5.56 Å². The molecule has 4 nitrogen and oxygen atoms in total. The molecule has 2 rings (SSSR count). The summed E-state index contributed by atoms with van der Waals surface area (Å²) in [7, 11) is 1.80. The molecule has 0 aliphatic carbocycles. The molecule has 1 atom stereocenters. The number of benzene rings is 1. The normalized spacial score (nSPS) is 19.5. The number of likely N-dealkylation sites (N-methyl/N-ethyl adjacent to an activating group) is 1. The third-order valence-corrected chi connectivity index (χ3v) is 3.99. The Labute approximate surface area is 111 Å². The van der Waals surface area contributed by atoms with Gasteiger partial charge in [0.1, 0.15) is 5.75 Å². The van der Waals surface area contributed by atoms with Gasteiger partial charge < -0.3 is 15.3 Å². The highest BCUT2D eigenvalue weighted by Gasteiger charge is 2.23. The second-order valence-electron chi connectivity index (χ2n) is 4.45. The standard InChI is InChI=1S/C13H18N2O2S/c1-15(8-10-3-2-4-11(16)7-10)13(17)12-9-18-6-5-14-12/h2-4,7,12,14,16H,5-6,8-9H2,1H3. The van der Waals surface area contributed by atoms with E-state index in [2.05, 4.69) is 5.32 Å². The quantitative estimate of drug-likeness (QED) is 0.859. The molecule has 2 N–H and O–H groups in total. The minimum atomic E-state index is -0.0777. The van der Waals surface area contributed by atoms with Gasteiger partial charge in [0.25, 0.3) is 0 Å². The van der Waals surface area contributed by atoms with Gasteiger partial charge in [-0.25, -0.2) is 0 Å². The maximum Gasteiger partial charge on any atom is 0.240 e. The maximum atomic E-state index is 12.2. The first-order chi connectivity index (χ1) is 8.66. The number of thioether (sulfide) groups is 1. The van der Waals surface area contributed by atoms with E-state index < -0.39 is 0 Å². The Bertz CT molecular complexity index is 419. The third kappa shape index (κ3) is 3.40. The molecule has 1 unspecified atom stereocenters. The third-order valence-electron chi connectivity index (χ3n) is 2.93. The number of phenolic OH excluding ortho intramolecular Hbond substituents is 1. The highest BCUT2D eigenvalue weighted by molar-refractivity contribution is 7.99. The average molecular weight is 266 g/mol. The Kier molecular flexibility index (Phi) is 4.49. The van der Waals surface area contributed by atoms with Gasteiger partial charge in [0.2, 0.25) is 5.91 Å². The molecule has 0 saturated carbocycles. The van der Waals surface area contributed by atoms with E-state index in [0.717, 1.165) is 23.6 Å². The first-order valence-electron chi connectivity index (χ1n) is 6.01. The number of nitrogens with one attached hydrogen (secondary N) is 1. The molecule has 0 aromatic heterocycles. The van der Waals surface area contributed by atoms with E-state index in [1.54, 1.807) is 30.1 Å². The van der Waals surface area contributed by atoms with Crippen LogP contribution in [0.15, 0.2) is 24.3 Å². The van der Waals surface area contributed by atoms with Crippen LogP contribution in [0.5, 0.6) is 5.75 Å². The lowest BCUT2D eigenvalue weighted by atomic mass is 10.2. The number of aromatic hydroxyl groups is 1. The van der Waals surface area contributed by atoms with Gasteiger partial charge in [-0.1, -0.05) is 12.1 Å². The lowest BCUT2D eigenvalue weighted by Gasteiger charge is -2.27. The molecular weight excluding hydrogens is 248 g/mol. The monoisotopic (exact) mass is 266 g/mol. The average Bonchev–Trinajstić information content (AvgIpc) is 2.39. The van der Waals surface area contributed by atoms with Crippen molar-refractivity contribution in [1.29, 1.82) is 0 Å². The predicted octanol–water partition coefficient (Wildman–Crippen LogP) is 1.06. The zero-order valence-corrected chi connectivity index (χ0v) is 11.2. The van der Waals surface area contributed by atoms with Crippen LogP contribution in [0.4, 0.5) is 0 Å². The van der Waals surface area contributed by atoms with Crippen LogP contribution in [0.3, 0.4) is 0 Å². The molecule has 0 spiro atoms. The van der Waals surface area contributed by atoms with Gasteiger partial charge in [0.05, 0.1) is 6.04 Å². The molecule has 1 aliphatic rings. The molecule has 98 valence electrons. The van der Waals surface area contributed by atoms with Gasteiger partial charge in [-0.3, -0.25) is 4.79 Å². The van der Waals surface area contributed by atoms with Crippen LogP contribution in [-0.4, -0.2) is 47.1 Å². The second-order valence-corrected chi connectivity index (χ2v) is 5.60. The Morgan fingerprint density at radius 1 is 1.61 bits per heavy atom. The van der Waals surface area contributed by atoms with Gasteiger partial charge in [0, 0.05) is 31.6 Å². The van der Waals surface area contributed by atoms with Gasteiger partial charge in [-0.05, 0) is 17.7 Å². The molecule has 1 heterocycles. The van der Waals surface area contributed by atoms with Crippen LogP contribution < -0.4 is 5.32 Å². The summed E-state index contributed by atoms with van der Waals surface area (Å²) in [5, 5.41) is 12.6. The first-order valence-corrected chi connectivity index (χ1v) is 7.16. The van der Waals surface area contributed by atoms with Crippen LogP contribution in [0.2, 0.25) is 0 Å². The van der Waals surface area contributed by atoms with Gasteiger partial charge in [0.15, 0.2) is 0 Å². The molecule has 1 saturated heterocycles. The Morgan fingerprint density at radius 3 is 3.11 bits per heavy atom. The number of hydrogen-bond donors (Lipinski definition) is 2. The smallest absolute Gasteiger partial charge is 0.240 e. The van der Waals surface area contributed by atoms with E-state index in [1.165, 1.54) is 0 Å². The summed E-state index contributed by atoms with van der Waals surface area (Å²) >= 11 is 1.81.